The number of rotatable bonds is 4. The van der Waals surface area contributed by atoms with Gasteiger partial charge in [-0.25, -0.2) is 0 Å². The number of benzene rings is 1. The van der Waals surface area contributed by atoms with Crippen LogP contribution in [0.2, 0.25) is 5.02 Å². The van der Waals surface area contributed by atoms with Gasteiger partial charge in [0.25, 0.3) is 0 Å². The molecule has 0 amide bonds. The summed E-state index contributed by atoms with van der Waals surface area (Å²) in [6, 6.07) is 8.06. The smallest absolute Gasteiger partial charge is 0.0541 e. The molecule has 1 aliphatic rings. The number of thioether (sulfide) groups is 1. The fourth-order valence-corrected chi connectivity index (χ4v) is 2.80. The van der Waals surface area contributed by atoms with Gasteiger partial charge in [0.15, 0.2) is 0 Å². The molecule has 0 bridgehead atoms. The molecular weight excluding hydrogens is 214 g/mol. The number of hydrogen-bond donors (Lipinski definition) is 1. The predicted octanol–water partition coefficient (Wildman–Crippen LogP) is 3.04. The van der Waals surface area contributed by atoms with Gasteiger partial charge in [-0.3, -0.25) is 0 Å². The van der Waals surface area contributed by atoms with E-state index in [1.807, 2.05) is 30.0 Å². The van der Waals surface area contributed by atoms with E-state index in [4.69, 9.17) is 11.6 Å². The minimum Gasteiger partial charge on any atom is -0.316 e. The molecule has 14 heavy (non-hydrogen) atoms. The van der Waals surface area contributed by atoms with Gasteiger partial charge >= 0.3 is 0 Å². The molecule has 0 unspecified atom stereocenters. The summed E-state index contributed by atoms with van der Waals surface area (Å²) >= 11 is 7.92. The quantitative estimate of drug-likeness (QED) is 0.794. The molecule has 0 aliphatic carbocycles. The Morgan fingerprint density at radius 3 is 2.79 bits per heavy atom. The molecule has 3 heteroatoms. The molecule has 1 fully saturated rings. The lowest BCUT2D eigenvalue weighted by molar-refractivity contribution is 0.341. The maximum atomic E-state index is 6.05. The number of hydrogen-bond acceptors (Lipinski definition) is 2. The third kappa shape index (κ3) is 2.66. The molecule has 2 rings (SSSR count). The molecular formula is C11H14ClNS. The third-order valence-corrected chi connectivity index (χ3v) is 4.03. The van der Waals surface area contributed by atoms with Crippen molar-refractivity contribution in [3.8, 4) is 0 Å². The minimum absolute atomic E-state index is 0.879. The third-order valence-electron chi connectivity index (χ3n) is 2.49. The molecule has 0 atom stereocenters. The average Bonchev–Trinajstić information content (AvgIpc) is 2.12. The first kappa shape index (κ1) is 10.3. The lowest BCUT2D eigenvalue weighted by Gasteiger charge is -2.26. The summed E-state index contributed by atoms with van der Waals surface area (Å²) in [4.78, 5) is 1.21. The van der Waals surface area contributed by atoms with Gasteiger partial charge in [0.1, 0.15) is 0 Å². The second-order valence-electron chi connectivity index (χ2n) is 3.59. The highest BCUT2D eigenvalue weighted by atomic mass is 35.5. The number of halogens is 1. The highest BCUT2D eigenvalue weighted by Crippen LogP contribution is 2.28. The molecule has 0 spiro atoms. The van der Waals surface area contributed by atoms with Crippen molar-refractivity contribution in [2.24, 2.45) is 5.92 Å². The first-order valence-electron chi connectivity index (χ1n) is 4.94. The lowest BCUT2D eigenvalue weighted by atomic mass is 10.0. The fraction of sp³-hybridized carbons (Fsp3) is 0.455. The molecule has 1 nitrogen and oxygen atoms in total. The predicted molar refractivity (Wildman–Crippen MR) is 63.2 cm³/mol. The first-order chi connectivity index (χ1) is 6.86. The van der Waals surface area contributed by atoms with E-state index in [9.17, 15) is 0 Å². The number of nitrogens with one attached hydrogen (secondary N) is 1. The molecule has 1 aliphatic heterocycles. The Hall–Kier alpha value is -0.180. The van der Waals surface area contributed by atoms with Gasteiger partial charge < -0.3 is 5.32 Å². The SMILES string of the molecule is Clc1ccccc1SCCC1CNC1. The Morgan fingerprint density at radius 2 is 2.14 bits per heavy atom. The monoisotopic (exact) mass is 227 g/mol. The van der Waals surface area contributed by atoms with E-state index in [1.54, 1.807) is 0 Å². The summed E-state index contributed by atoms with van der Waals surface area (Å²) in [6.45, 7) is 2.40. The zero-order valence-corrected chi connectivity index (χ0v) is 9.57. The summed E-state index contributed by atoms with van der Waals surface area (Å²) in [7, 11) is 0. The Kier molecular flexibility index (Phi) is 3.74. The van der Waals surface area contributed by atoms with E-state index in [0.717, 1.165) is 10.9 Å². The molecule has 0 saturated carbocycles. The van der Waals surface area contributed by atoms with Gasteiger partial charge in [-0.15, -0.1) is 11.8 Å². The summed E-state index contributed by atoms with van der Waals surface area (Å²) in [5.74, 6) is 2.07. The van der Waals surface area contributed by atoms with Crippen LogP contribution in [-0.2, 0) is 0 Å². The van der Waals surface area contributed by atoms with Crippen LogP contribution in [-0.4, -0.2) is 18.8 Å². The van der Waals surface area contributed by atoms with Crippen LogP contribution in [0.1, 0.15) is 6.42 Å². The standard InChI is InChI=1S/C11H14ClNS/c12-10-3-1-2-4-11(10)14-6-5-9-7-13-8-9/h1-4,9,13H,5-8H2. The van der Waals surface area contributed by atoms with Gasteiger partial charge in [0.05, 0.1) is 5.02 Å². The van der Waals surface area contributed by atoms with Gasteiger partial charge in [-0.1, -0.05) is 23.7 Å². The van der Waals surface area contributed by atoms with Crippen molar-refractivity contribution in [1.82, 2.24) is 5.32 Å². The molecule has 1 aromatic rings. The van der Waals surface area contributed by atoms with E-state index >= 15 is 0 Å². The summed E-state index contributed by atoms with van der Waals surface area (Å²) in [6.07, 6.45) is 1.29. The van der Waals surface area contributed by atoms with Crippen molar-refractivity contribution in [3.63, 3.8) is 0 Å². The zero-order chi connectivity index (χ0) is 9.80. The molecule has 76 valence electrons. The normalized spacial score (nSPS) is 16.6. The van der Waals surface area contributed by atoms with E-state index in [2.05, 4.69) is 11.4 Å². The summed E-state index contributed by atoms with van der Waals surface area (Å²) in [5, 5.41) is 4.16. The zero-order valence-electron chi connectivity index (χ0n) is 8.00. The van der Waals surface area contributed by atoms with Gasteiger partial charge in [-0.2, -0.15) is 0 Å². The van der Waals surface area contributed by atoms with E-state index < -0.39 is 0 Å². The van der Waals surface area contributed by atoms with Crippen molar-refractivity contribution in [1.29, 1.82) is 0 Å². The highest BCUT2D eigenvalue weighted by Gasteiger charge is 2.15. The van der Waals surface area contributed by atoms with Crippen LogP contribution in [0.4, 0.5) is 0 Å². The van der Waals surface area contributed by atoms with Crippen LogP contribution in [0, 0.1) is 5.92 Å². The van der Waals surface area contributed by atoms with Gasteiger partial charge in [0, 0.05) is 4.90 Å². The highest BCUT2D eigenvalue weighted by molar-refractivity contribution is 7.99. The molecule has 1 saturated heterocycles. The van der Waals surface area contributed by atoms with Gasteiger partial charge in [0.2, 0.25) is 0 Å². The summed E-state index contributed by atoms with van der Waals surface area (Å²) in [5.41, 5.74) is 0. The summed E-state index contributed by atoms with van der Waals surface area (Å²) < 4.78 is 0. The van der Waals surface area contributed by atoms with Crippen LogP contribution >= 0.6 is 23.4 Å². The van der Waals surface area contributed by atoms with E-state index in [1.165, 1.54) is 30.2 Å². The van der Waals surface area contributed by atoms with E-state index in [0.29, 0.717) is 0 Å². The second-order valence-corrected chi connectivity index (χ2v) is 5.14. The maximum absolute atomic E-state index is 6.05. The van der Waals surface area contributed by atoms with Crippen LogP contribution in [0.3, 0.4) is 0 Å². The van der Waals surface area contributed by atoms with Crippen LogP contribution in [0.5, 0.6) is 0 Å². The Bertz CT molecular complexity index is 299. The molecule has 0 aromatic heterocycles. The van der Waals surface area contributed by atoms with Crippen molar-refractivity contribution in [2.45, 2.75) is 11.3 Å². The average molecular weight is 228 g/mol. The molecule has 1 aromatic carbocycles. The molecule has 1 N–H and O–H groups in total. The minimum atomic E-state index is 0.879. The van der Waals surface area contributed by atoms with Crippen LogP contribution in [0.15, 0.2) is 29.2 Å². The first-order valence-corrected chi connectivity index (χ1v) is 6.30. The van der Waals surface area contributed by atoms with Crippen LogP contribution in [0.25, 0.3) is 0 Å². The van der Waals surface area contributed by atoms with Crippen molar-refractivity contribution in [2.75, 3.05) is 18.8 Å². The van der Waals surface area contributed by atoms with Crippen molar-refractivity contribution in [3.05, 3.63) is 29.3 Å². The fourth-order valence-electron chi connectivity index (χ4n) is 1.45. The van der Waals surface area contributed by atoms with Crippen LogP contribution < -0.4 is 5.32 Å². The lowest BCUT2D eigenvalue weighted by Crippen LogP contribution is -2.42. The molecule has 0 radical (unpaired) electrons. The Balaban J connectivity index is 1.76. The largest absolute Gasteiger partial charge is 0.316 e. The maximum Gasteiger partial charge on any atom is 0.0541 e. The van der Waals surface area contributed by atoms with E-state index in [-0.39, 0.29) is 0 Å². The van der Waals surface area contributed by atoms with Crippen molar-refractivity contribution >= 4 is 23.4 Å². The molecule has 1 heterocycles. The Morgan fingerprint density at radius 1 is 1.36 bits per heavy atom. The van der Waals surface area contributed by atoms with Crippen molar-refractivity contribution < 1.29 is 0 Å². The topological polar surface area (TPSA) is 12.0 Å². The van der Waals surface area contributed by atoms with Gasteiger partial charge in [-0.05, 0) is 43.3 Å². The second kappa shape index (κ2) is 5.06. The Labute approximate surface area is 94.2 Å².